The van der Waals surface area contributed by atoms with Gasteiger partial charge in [-0.05, 0) is 18.3 Å². The smallest absolute Gasteiger partial charge is 0.186 e. The van der Waals surface area contributed by atoms with E-state index in [1.54, 1.807) is 13.3 Å². The van der Waals surface area contributed by atoms with Gasteiger partial charge in [-0.3, -0.25) is 5.43 Å². The van der Waals surface area contributed by atoms with E-state index in [0.717, 1.165) is 5.56 Å². The molecule has 1 aromatic carbocycles. The van der Waals surface area contributed by atoms with Crippen molar-refractivity contribution in [1.29, 1.82) is 0 Å². The van der Waals surface area contributed by atoms with Gasteiger partial charge in [0.1, 0.15) is 0 Å². The third kappa shape index (κ3) is 2.45. The van der Waals surface area contributed by atoms with E-state index in [2.05, 4.69) is 32.5 Å². The Labute approximate surface area is 105 Å². The minimum absolute atomic E-state index is 0.501. The maximum absolute atomic E-state index is 4.93. The number of fused-ring (bicyclic) bond motifs is 1. The molecular weight excluding hydrogens is 232 g/mol. The van der Waals surface area contributed by atoms with Crippen molar-refractivity contribution in [1.82, 2.24) is 15.3 Å². The van der Waals surface area contributed by atoms with E-state index >= 15 is 0 Å². The van der Waals surface area contributed by atoms with E-state index in [1.807, 2.05) is 25.4 Å². The van der Waals surface area contributed by atoms with Crippen molar-refractivity contribution in [3.63, 3.8) is 0 Å². The molecule has 2 rings (SSSR count). The van der Waals surface area contributed by atoms with Gasteiger partial charge in [-0.1, -0.05) is 18.2 Å². The van der Waals surface area contributed by atoms with Crippen LogP contribution in [0.15, 0.2) is 35.6 Å². The van der Waals surface area contributed by atoms with E-state index < -0.39 is 0 Å². The standard InChI is InChI=1S/C12H14N4S/c1-13-12(17)15-14-7-9-8-16(2)11-6-4-3-5-10(9)11/h3-8H,1-2H3,(H2,13,15,17)/b14-7+. The fraction of sp³-hybridized carbons (Fsp3) is 0.167. The molecule has 88 valence electrons. The molecule has 0 fully saturated rings. The molecule has 0 unspecified atom stereocenters. The summed E-state index contributed by atoms with van der Waals surface area (Å²) in [6, 6.07) is 8.20. The number of nitrogens with zero attached hydrogens (tertiary/aromatic N) is 2. The average molecular weight is 246 g/mol. The largest absolute Gasteiger partial charge is 0.364 e. The Balaban J connectivity index is 2.27. The summed E-state index contributed by atoms with van der Waals surface area (Å²) < 4.78 is 2.08. The fourth-order valence-corrected chi connectivity index (χ4v) is 1.74. The summed E-state index contributed by atoms with van der Waals surface area (Å²) in [5.41, 5.74) is 4.98. The number of para-hydroxylation sites is 1. The topological polar surface area (TPSA) is 41.4 Å². The van der Waals surface area contributed by atoms with Crippen LogP contribution in [-0.2, 0) is 7.05 Å². The first-order chi connectivity index (χ1) is 8.22. The van der Waals surface area contributed by atoms with E-state index in [1.165, 1.54) is 10.9 Å². The SMILES string of the molecule is CNC(=S)N/N=C/c1cn(C)c2ccccc12. The van der Waals surface area contributed by atoms with Crippen LogP contribution in [0.1, 0.15) is 5.56 Å². The van der Waals surface area contributed by atoms with Crippen molar-refractivity contribution >= 4 is 34.4 Å². The highest BCUT2D eigenvalue weighted by Crippen LogP contribution is 2.18. The monoisotopic (exact) mass is 246 g/mol. The molecule has 0 bridgehead atoms. The van der Waals surface area contributed by atoms with E-state index in [9.17, 15) is 0 Å². The fourth-order valence-electron chi connectivity index (χ4n) is 1.69. The van der Waals surface area contributed by atoms with E-state index in [-0.39, 0.29) is 0 Å². The molecule has 4 nitrogen and oxygen atoms in total. The zero-order valence-corrected chi connectivity index (χ0v) is 10.6. The summed E-state index contributed by atoms with van der Waals surface area (Å²) in [4.78, 5) is 0. The first kappa shape index (κ1) is 11.6. The number of rotatable bonds is 2. The highest BCUT2D eigenvalue weighted by molar-refractivity contribution is 7.80. The van der Waals surface area contributed by atoms with Crippen molar-refractivity contribution in [2.45, 2.75) is 0 Å². The highest BCUT2D eigenvalue weighted by atomic mass is 32.1. The first-order valence-electron chi connectivity index (χ1n) is 5.27. The Morgan fingerprint density at radius 1 is 1.41 bits per heavy atom. The third-order valence-corrected chi connectivity index (χ3v) is 2.82. The summed E-state index contributed by atoms with van der Waals surface area (Å²) in [5.74, 6) is 0. The van der Waals surface area contributed by atoms with Crippen molar-refractivity contribution in [2.24, 2.45) is 12.1 Å². The lowest BCUT2D eigenvalue weighted by atomic mass is 10.2. The molecule has 5 heteroatoms. The summed E-state index contributed by atoms with van der Waals surface area (Å²) in [5, 5.41) is 8.56. The van der Waals surface area contributed by atoms with Crippen LogP contribution in [0.25, 0.3) is 10.9 Å². The number of nitrogens with one attached hydrogen (secondary N) is 2. The highest BCUT2D eigenvalue weighted by Gasteiger charge is 2.02. The lowest BCUT2D eigenvalue weighted by Crippen LogP contribution is -2.28. The average Bonchev–Trinajstić information content (AvgIpc) is 2.67. The molecule has 0 saturated heterocycles. The molecule has 1 heterocycles. The molecule has 0 aliphatic rings. The van der Waals surface area contributed by atoms with Gasteiger partial charge >= 0.3 is 0 Å². The van der Waals surface area contributed by atoms with Crippen molar-refractivity contribution in [3.05, 3.63) is 36.0 Å². The van der Waals surface area contributed by atoms with Gasteiger partial charge in [0.05, 0.1) is 6.21 Å². The first-order valence-corrected chi connectivity index (χ1v) is 5.68. The second-order valence-corrected chi connectivity index (χ2v) is 4.07. The predicted molar refractivity (Wildman–Crippen MR) is 75.3 cm³/mol. The number of hydrazone groups is 1. The maximum Gasteiger partial charge on any atom is 0.186 e. The molecule has 2 aromatic rings. The maximum atomic E-state index is 4.93. The summed E-state index contributed by atoms with van der Waals surface area (Å²) >= 11 is 4.93. The van der Waals surface area contributed by atoms with Gasteiger partial charge in [0.25, 0.3) is 0 Å². The molecule has 0 spiro atoms. The molecule has 0 saturated carbocycles. The van der Waals surface area contributed by atoms with Crippen LogP contribution in [0, 0.1) is 0 Å². The summed E-state index contributed by atoms with van der Waals surface area (Å²) in [7, 11) is 3.77. The molecule has 0 amide bonds. The van der Waals surface area contributed by atoms with Crippen molar-refractivity contribution in [2.75, 3.05) is 7.05 Å². The summed E-state index contributed by atoms with van der Waals surface area (Å²) in [6.07, 6.45) is 3.81. The molecule has 0 aliphatic heterocycles. The van der Waals surface area contributed by atoms with Gasteiger partial charge in [0.2, 0.25) is 0 Å². The van der Waals surface area contributed by atoms with Crippen LogP contribution in [0.4, 0.5) is 0 Å². The number of aromatic nitrogens is 1. The summed E-state index contributed by atoms with van der Waals surface area (Å²) in [6.45, 7) is 0. The van der Waals surface area contributed by atoms with E-state index in [0.29, 0.717) is 5.11 Å². The Morgan fingerprint density at radius 2 is 2.18 bits per heavy atom. The van der Waals surface area contributed by atoms with Crippen LogP contribution >= 0.6 is 12.2 Å². The second-order valence-electron chi connectivity index (χ2n) is 3.66. The zero-order chi connectivity index (χ0) is 12.3. The predicted octanol–water partition coefficient (Wildman–Crippen LogP) is 1.61. The van der Waals surface area contributed by atoms with Gasteiger partial charge in [-0.15, -0.1) is 0 Å². The van der Waals surface area contributed by atoms with Crippen LogP contribution in [0.5, 0.6) is 0 Å². The van der Waals surface area contributed by atoms with Gasteiger partial charge in [0, 0.05) is 36.8 Å². The lowest BCUT2D eigenvalue weighted by Gasteiger charge is -1.98. The number of aryl methyl sites for hydroxylation is 1. The van der Waals surface area contributed by atoms with Gasteiger partial charge in [-0.25, -0.2) is 0 Å². The molecule has 0 atom stereocenters. The van der Waals surface area contributed by atoms with Gasteiger partial charge in [-0.2, -0.15) is 5.10 Å². The molecule has 0 radical (unpaired) electrons. The van der Waals surface area contributed by atoms with Crippen molar-refractivity contribution in [3.8, 4) is 0 Å². The number of benzene rings is 1. The van der Waals surface area contributed by atoms with Crippen LogP contribution < -0.4 is 10.7 Å². The van der Waals surface area contributed by atoms with Gasteiger partial charge in [0.15, 0.2) is 5.11 Å². The molecule has 2 N–H and O–H groups in total. The quantitative estimate of drug-likeness (QED) is 0.480. The second kappa shape index (κ2) is 4.97. The Kier molecular flexibility index (Phi) is 3.39. The number of hydrogen-bond acceptors (Lipinski definition) is 2. The molecule has 1 aromatic heterocycles. The lowest BCUT2D eigenvalue weighted by molar-refractivity contribution is 0.965. The van der Waals surface area contributed by atoms with Crippen molar-refractivity contribution < 1.29 is 0 Å². The third-order valence-electron chi connectivity index (χ3n) is 2.52. The Bertz CT molecular complexity index is 571. The van der Waals surface area contributed by atoms with Gasteiger partial charge < -0.3 is 9.88 Å². The van der Waals surface area contributed by atoms with Crippen LogP contribution in [-0.4, -0.2) is 22.9 Å². The Morgan fingerprint density at radius 3 is 2.94 bits per heavy atom. The van der Waals surface area contributed by atoms with E-state index in [4.69, 9.17) is 12.2 Å². The minimum Gasteiger partial charge on any atom is -0.364 e. The number of hydrogen-bond donors (Lipinski definition) is 2. The normalized spacial score (nSPS) is 10.9. The van der Waals surface area contributed by atoms with Crippen LogP contribution in [0.3, 0.4) is 0 Å². The van der Waals surface area contributed by atoms with Crippen LogP contribution in [0.2, 0.25) is 0 Å². The minimum atomic E-state index is 0.501. The zero-order valence-electron chi connectivity index (χ0n) is 9.77. The number of thiocarbonyl (C=S) groups is 1. The molecule has 0 aliphatic carbocycles. The Hall–Kier alpha value is -1.88. The molecular formula is C12H14N4S. The molecule has 17 heavy (non-hydrogen) atoms.